The molecule has 2 aromatic heterocycles. The summed E-state index contributed by atoms with van der Waals surface area (Å²) in [5.41, 5.74) is 12.9. The summed E-state index contributed by atoms with van der Waals surface area (Å²) in [5.74, 6) is -7.44. The number of carboxylic acid groups (broad SMARTS) is 1. The van der Waals surface area contributed by atoms with Crippen LogP contribution in [0.3, 0.4) is 0 Å². The molecule has 0 saturated carbocycles. The van der Waals surface area contributed by atoms with Crippen LogP contribution in [0.2, 0.25) is 0 Å². The lowest BCUT2D eigenvalue weighted by atomic mass is 10.0. The molecule has 0 saturated heterocycles. The summed E-state index contributed by atoms with van der Waals surface area (Å²) < 4.78 is 43.4. The Bertz CT molecular complexity index is 1840. The van der Waals surface area contributed by atoms with Gasteiger partial charge >= 0.3 is 5.97 Å². The summed E-state index contributed by atoms with van der Waals surface area (Å²) in [4.78, 5) is 28.8. The number of carboxylic acids is 1. The molecule has 0 fully saturated rings. The molecule has 0 bridgehead atoms. The lowest BCUT2D eigenvalue weighted by Gasteiger charge is -2.15. The molecule has 0 amide bonds. The van der Waals surface area contributed by atoms with Gasteiger partial charge in [-0.15, -0.1) is 5.10 Å². The minimum atomic E-state index is -1.50. The average molecular weight is 572 g/mol. The number of ether oxygens (including phenoxy) is 2. The Labute approximate surface area is 237 Å². The summed E-state index contributed by atoms with van der Waals surface area (Å²) in [5, 5.41) is 13.3. The fraction of sp³-hybridized carbons (Fsp3) is 0.0667. The van der Waals surface area contributed by atoms with Crippen LogP contribution in [0.25, 0.3) is 11.1 Å². The monoisotopic (exact) mass is 571 g/mol. The number of nitrogen functional groups attached to an aromatic ring is 1. The minimum absolute atomic E-state index is 0.0625. The van der Waals surface area contributed by atoms with Crippen molar-refractivity contribution in [2.75, 3.05) is 5.73 Å². The number of anilines is 1. The number of nitrogens with zero attached hydrogens (tertiary/aromatic N) is 3. The second kappa shape index (κ2) is 11.5. The minimum Gasteiger partial charge on any atom is -0.478 e. The summed E-state index contributed by atoms with van der Waals surface area (Å²) in [6, 6.07) is 19.4. The zero-order valence-corrected chi connectivity index (χ0v) is 22.0. The molecule has 12 heteroatoms. The third-order valence-corrected chi connectivity index (χ3v) is 6.17. The van der Waals surface area contributed by atoms with E-state index in [0.717, 1.165) is 17.3 Å². The SMILES string of the molecule is Cc1ccc(C(=O)O)c(Oc2nc(Oc3cccc(-c4cccc(CN)c4)c3)c(F)c(C(=O)n3ccc(N)n3)c2F)c1. The van der Waals surface area contributed by atoms with Crippen LogP contribution >= 0.6 is 0 Å². The highest BCUT2D eigenvalue weighted by atomic mass is 19.1. The second-order valence-electron chi connectivity index (χ2n) is 9.16. The lowest BCUT2D eigenvalue weighted by Crippen LogP contribution is -2.18. The Morgan fingerprint density at radius 3 is 2.29 bits per heavy atom. The maximum Gasteiger partial charge on any atom is 0.339 e. The highest BCUT2D eigenvalue weighted by Gasteiger charge is 2.30. The number of halogens is 2. The average Bonchev–Trinajstić information content (AvgIpc) is 3.42. The Kier molecular flexibility index (Phi) is 7.63. The van der Waals surface area contributed by atoms with Crippen LogP contribution in [-0.2, 0) is 6.54 Å². The van der Waals surface area contributed by atoms with E-state index in [2.05, 4.69) is 10.1 Å². The smallest absolute Gasteiger partial charge is 0.339 e. The molecule has 212 valence electrons. The van der Waals surface area contributed by atoms with Gasteiger partial charge in [-0.25, -0.2) is 9.48 Å². The molecule has 0 atom stereocenters. The van der Waals surface area contributed by atoms with Gasteiger partial charge in [-0.05, 0) is 59.5 Å². The van der Waals surface area contributed by atoms with Crippen molar-refractivity contribution < 1.29 is 33.0 Å². The number of carbonyl (C=O) groups is 2. The maximum atomic E-state index is 15.8. The summed E-state index contributed by atoms with van der Waals surface area (Å²) in [6.45, 7) is 2.00. The largest absolute Gasteiger partial charge is 0.478 e. The van der Waals surface area contributed by atoms with Crippen molar-refractivity contribution in [1.29, 1.82) is 0 Å². The number of nitrogens with two attached hydrogens (primary N) is 2. The summed E-state index contributed by atoms with van der Waals surface area (Å²) in [6.07, 6.45) is 1.13. The van der Waals surface area contributed by atoms with Gasteiger partial charge in [0.2, 0.25) is 11.6 Å². The molecule has 42 heavy (non-hydrogen) atoms. The van der Waals surface area contributed by atoms with Gasteiger partial charge in [-0.1, -0.05) is 36.4 Å². The topological polar surface area (TPSA) is 156 Å². The normalized spacial score (nSPS) is 10.9. The number of hydrogen-bond donors (Lipinski definition) is 3. The first-order chi connectivity index (χ1) is 20.1. The van der Waals surface area contributed by atoms with Gasteiger partial charge in [-0.3, -0.25) is 4.79 Å². The summed E-state index contributed by atoms with van der Waals surface area (Å²) >= 11 is 0. The first-order valence-electron chi connectivity index (χ1n) is 12.5. The van der Waals surface area contributed by atoms with E-state index >= 15 is 8.78 Å². The molecule has 10 nitrogen and oxygen atoms in total. The van der Waals surface area contributed by atoms with Crippen molar-refractivity contribution in [3.8, 4) is 34.4 Å². The Hall–Kier alpha value is -5.62. The zero-order chi connectivity index (χ0) is 30.0. The molecule has 5 rings (SSSR count). The number of rotatable bonds is 8. The number of carbonyl (C=O) groups excluding carboxylic acids is 1. The van der Waals surface area contributed by atoms with Gasteiger partial charge in [0.15, 0.2) is 0 Å². The Morgan fingerprint density at radius 2 is 1.62 bits per heavy atom. The van der Waals surface area contributed by atoms with Crippen molar-refractivity contribution in [2.24, 2.45) is 5.73 Å². The fourth-order valence-corrected chi connectivity index (χ4v) is 4.11. The van der Waals surface area contributed by atoms with Crippen LogP contribution in [0.5, 0.6) is 23.3 Å². The molecule has 0 aliphatic carbocycles. The van der Waals surface area contributed by atoms with Gasteiger partial charge in [-0.2, -0.15) is 13.8 Å². The molecule has 0 aliphatic heterocycles. The molecule has 0 unspecified atom stereocenters. The molecule has 3 aromatic carbocycles. The predicted molar refractivity (Wildman–Crippen MR) is 149 cm³/mol. The first-order valence-corrected chi connectivity index (χ1v) is 12.5. The van der Waals surface area contributed by atoms with E-state index in [1.54, 1.807) is 25.1 Å². The first kappa shape index (κ1) is 27.9. The van der Waals surface area contributed by atoms with E-state index in [1.165, 1.54) is 30.3 Å². The van der Waals surface area contributed by atoms with Gasteiger partial charge in [0.25, 0.3) is 17.7 Å². The molecule has 0 radical (unpaired) electrons. The Balaban J connectivity index is 1.62. The molecule has 5 aromatic rings. The number of aromatic nitrogens is 3. The van der Waals surface area contributed by atoms with E-state index in [0.29, 0.717) is 22.4 Å². The van der Waals surface area contributed by atoms with Crippen LogP contribution in [0, 0.1) is 18.6 Å². The van der Waals surface area contributed by atoms with Crippen LogP contribution in [0.15, 0.2) is 79.0 Å². The van der Waals surface area contributed by atoms with Crippen LogP contribution in [-0.4, -0.2) is 31.7 Å². The van der Waals surface area contributed by atoms with Gasteiger partial charge < -0.3 is 26.0 Å². The lowest BCUT2D eigenvalue weighted by molar-refractivity contribution is 0.0693. The Morgan fingerprint density at radius 1 is 0.929 bits per heavy atom. The van der Waals surface area contributed by atoms with E-state index in [-0.39, 0.29) is 22.9 Å². The molecule has 2 heterocycles. The molecule has 0 spiro atoms. The molecular formula is C30H23F2N5O5. The van der Waals surface area contributed by atoms with E-state index < -0.39 is 40.8 Å². The van der Waals surface area contributed by atoms with Gasteiger partial charge in [0.1, 0.15) is 28.4 Å². The number of benzene rings is 3. The van der Waals surface area contributed by atoms with Crippen LogP contribution in [0.4, 0.5) is 14.6 Å². The third-order valence-electron chi connectivity index (χ3n) is 6.17. The van der Waals surface area contributed by atoms with Crippen molar-refractivity contribution in [2.45, 2.75) is 13.5 Å². The highest BCUT2D eigenvalue weighted by Crippen LogP contribution is 2.36. The van der Waals surface area contributed by atoms with Crippen molar-refractivity contribution >= 4 is 17.7 Å². The van der Waals surface area contributed by atoms with Gasteiger partial charge in [0.05, 0.1) is 0 Å². The maximum absolute atomic E-state index is 15.8. The van der Waals surface area contributed by atoms with E-state index in [1.807, 2.05) is 24.3 Å². The molecular weight excluding hydrogens is 548 g/mol. The second-order valence-corrected chi connectivity index (χ2v) is 9.16. The quantitative estimate of drug-likeness (QED) is 0.217. The van der Waals surface area contributed by atoms with Gasteiger partial charge in [0, 0.05) is 18.8 Å². The zero-order valence-electron chi connectivity index (χ0n) is 22.0. The number of aryl methyl sites for hydroxylation is 1. The predicted octanol–water partition coefficient (Wildman–Crippen LogP) is 5.54. The third kappa shape index (κ3) is 5.64. The van der Waals surface area contributed by atoms with Crippen LogP contribution in [0.1, 0.15) is 31.8 Å². The molecule has 5 N–H and O–H groups in total. The van der Waals surface area contributed by atoms with E-state index in [9.17, 15) is 14.7 Å². The highest BCUT2D eigenvalue weighted by molar-refractivity contribution is 5.97. The van der Waals surface area contributed by atoms with Crippen LogP contribution < -0.4 is 20.9 Å². The van der Waals surface area contributed by atoms with Crippen molar-refractivity contribution in [3.63, 3.8) is 0 Å². The number of pyridine rings is 1. The standard InChI is InChI=1S/C30H23F2N5O5/c1-16-8-9-21(30(39)40)22(12-16)42-28-26(32)24(29(38)37-11-10-23(34)36-37)25(31)27(35-28)41-20-7-3-6-19(14-20)18-5-2-4-17(13-18)15-33/h2-14H,15,33H2,1H3,(H2,34,36)(H,39,40). The number of aromatic carboxylic acids is 1. The fourth-order valence-electron chi connectivity index (χ4n) is 4.11. The summed E-state index contributed by atoms with van der Waals surface area (Å²) in [7, 11) is 0. The van der Waals surface area contributed by atoms with Crippen molar-refractivity contribution in [3.05, 3.63) is 113 Å². The molecule has 0 aliphatic rings. The van der Waals surface area contributed by atoms with E-state index in [4.69, 9.17) is 20.9 Å². The van der Waals surface area contributed by atoms with Crippen molar-refractivity contribution in [1.82, 2.24) is 14.8 Å². The number of hydrogen-bond acceptors (Lipinski definition) is 8.